The largest absolute Gasteiger partial charge is 0.352 e. The second-order valence-corrected chi connectivity index (χ2v) is 5.38. The van der Waals surface area contributed by atoms with E-state index in [1.807, 2.05) is 25.6 Å². The maximum absolute atomic E-state index is 11.8. The highest BCUT2D eigenvalue weighted by Crippen LogP contribution is 2.12. The zero-order chi connectivity index (χ0) is 13.8. The Morgan fingerprint density at radius 3 is 2.80 bits per heavy atom. The van der Waals surface area contributed by atoms with Crippen molar-refractivity contribution in [3.63, 3.8) is 0 Å². The van der Waals surface area contributed by atoms with Gasteiger partial charge in [-0.25, -0.2) is 0 Å². The highest BCUT2D eigenvalue weighted by atomic mass is 35.5. The molecule has 1 fully saturated rings. The van der Waals surface area contributed by atoms with Gasteiger partial charge in [0.05, 0.1) is 5.69 Å². The van der Waals surface area contributed by atoms with E-state index in [2.05, 4.69) is 15.7 Å². The number of amides is 1. The first kappa shape index (κ1) is 17.0. The molecule has 2 rings (SSSR count). The van der Waals surface area contributed by atoms with Gasteiger partial charge in [0.15, 0.2) is 0 Å². The first-order chi connectivity index (χ1) is 9.08. The van der Waals surface area contributed by atoms with Gasteiger partial charge in [0, 0.05) is 37.3 Å². The molecule has 0 spiro atoms. The molecule has 2 N–H and O–H groups in total. The molecular weight excluding hydrogens is 276 g/mol. The molecule has 1 unspecified atom stereocenters. The first-order valence-electron chi connectivity index (χ1n) is 7.07. The normalized spacial score (nSPS) is 17.9. The SMILES string of the molecule is Cc1nn(C)c(C)c1CNC(=O)CCC1CCCN1.Cl. The maximum Gasteiger partial charge on any atom is 0.220 e. The Morgan fingerprint density at radius 2 is 2.25 bits per heavy atom. The van der Waals surface area contributed by atoms with Crippen molar-refractivity contribution in [1.29, 1.82) is 0 Å². The molecule has 1 amide bonds. The molecule has 0 radical (unpaired) electrons. The highest BCUT2D eigenvalue weighted by Gasteiger charge is 2.15. The zero-order valence-corrected chi connectivity index (χ0v) is 13.3. The minimum atomic E-state index is 0. The second-order valence-electron chi connectivity index (χ2n) is 5.38. The number of hydrogen-bond donors (Lipinski definition) is 2. The summed E-state index contributed by atoms with van der Waals surface area (Å²) in [6.07, 6.45) is 3.99. The van der Waals surface area contributed by atoms with Gasteiger partial charge in [-0.2, -0.15) is 5.10 Å². The Kier molecular flexibility index (Phi) is 6.49. The van der Waals surface area contributed by atoms with E-state index in [1.54, 1.807) is 0 Å². The summed E-state index contributed by atoms with van der Waals surface area (Å²) in [5.41, 5.74) is 3.25. The lowest BCUT2D eigenvalue weighted by molar-refractivity contribution is -0.121. The fraction of sp³-hybridized carbons (Fsp3) is 0.714. The summed E-state index contributed by atoms with van der Waals surface area (Å²) in [5, 5.41) is 10.8. The summed E-state index contributed by atoms with van der Waals surface area (Å²) in [7, 11) is 1.93. The van der Waals surface area contributed by atoms with Gasteiger partial charge in [0.2, 0.25) is 5.91 Å². The minimum absolute atomic E-state index is 0. The van der Waals surface area contributed by atoms with Crippen LogP contribution in [0.25, 0.3) is 0 Å². The number of aromatic nitrogens is 2. The minimum Gasteiger partial charge on any atom is -0.352 e. The molecule has 0 saturated carbocycles. The van der Waals surface area contributed by atoms with Crippen LogP contribution in [0.3, 0.4) is 0 Å². The van der Waals surface area contributed by atoms with E-state index in [4.69, 9.17) is 0 Å². The van der Waals surface area contributed by atoms with E-state index in [9.17, 15) is 4.79 Å². The van der Waals surface area contributed by atoms with E-state index >= 15 is 0 Å². The molecule has 1 aliphatic heterocycles. The average molecular weight is 301 g/mol. The quantitative estimate of drug-likeness (QED) is 0.868. The Hall–Kier alpha value is -1.07. The summed E-state index contributed by atoms with van der Waals surface area (Å²) >= 11 is 0. The molecule has 0 bridgehead atoms. The van der Waals surface area contributed by atoms with Crippen molar-refractivity contribution in [3.05, 3.63) is 17.0 Å². The summed E-state index contributed by atoms with van der Waals surface area (Å²) in [4.78, 5) is 11.8. The van der Waals surface area contributed by atoms with Crippen LogP contribution in [0.15, 0.2) is 0 Å². The van der Waals surface area contributed by atoms with Crippen molar-refractivity contribution >= 4 is 18.3 Å². The number of rotatable bonds is 5. The Morgan fingerprint density at radius 1 is 1.50 bits per heavy atom. The van der Waals surface area contributed by atoms with Crippen LogP contribution in [0.4, 0.5) is 0 Å². The van der Waals surface area contributed by atoms with Crippen molar-refractivity contribution in [2.24, 2.45) is 7.05 Å². The van der Waals surface area contributed by atoms with Crippen LogP contribution in [-0.4, -0.2) is 28.3 Å². The van der Waals surface area contributed by atoms with Gasteiger partial charge < -0.3 is 10.6 Å². The molecule has 5 nitrogen and oxygen atoms in total. The number of aryl methyl sites for hydroxylation is 2. The van der Waals surface area contributed by atoms with Crippen molar-refractivity contribution < 1.29 is 4.79 Å². The van der Waals surface area contributed by atoms with Crippen LogP contribution in [0, 0.1) is 13.8 Å². The number of carbonyl (C=O) groups is 1. The van der Waals surface area contributed by atoms with E-state index in [0.29, 0.717) is 19.0 Å². The number of halogens is 1. The monoisotopic (exact) mass is 300 g/mol. The van der Waals surface area contributed by atoms with Gasteiger partial charge in [-0.1, -0.05) is 0 Å². The molecule has 0 aliphatic carbocycles. The molecule has 2 heterocycles. The molecule has 1 aromatic rings. The predicted octanol–water partition coefficient (Wildman–Crippen LogP) is 1.61. The summed E-state index contributed by atoms with van der Waals surface area (Å²) in [5.74, 6) is 0.136. The fourth-order valence-electron chi connectivity index (χ4n) is 2.66. The first-order valence-corrected chi connectivity index (χ1v) is 7.07. The Bertz CT molecular complexity index is 452. The van der Waals surface area contributed by atoms with E-state index < -0.39 is 0 Å². The summed E-state index contributed by atoms with van der Waals surface area (Å²) < 4.78 is 1.86. The van der Waals surface area contributed by atoms with Crippen LogP contribution in [0.5, 0.6) is 0 Å². The lowest BCUT2D eigenvalue weighted by atomic mass is 10.1. The third-order valence-corrected chi connectivity index (χ3v) is 4.00. The van der Waals surface area contributed by atoms with Gasteiger partial charge >= 0.3 is 0 Å². The Balaban J connectivity index is 0.00000200. The van der Waals surface area contributed by atoms with Crippen molar-refractivity contribution in [2.45, 2.75) is 52.1 Å². The number of nitrogens with one attached hydrogen (secondary N) is 2. The van der Waals surface area contributed by atoms with Crippen LogP contribution in [-0.2, 0) is 18.4 Å². The van der Waals surface area contributed by atoms with Gasteiger partial charge in [0.1, 0.15) is 0 Å². The van der Waals surface area contributed by atoms with Crippen molar-refractivity contribution in [1.82, 2.24) is 20.4 Å². The molecule has 1 aromatic heterocycles. The summed E-state index contributed by atoms with van der Waals surface area (Å²) in [6.45, 7) is 5.70. The molecule has 114 valence electrons. The molecule has 20 heavy (non-hydrogen) atoms. The molecular formula is C14H25ClN4O. The molecule has 6 heteroatoms. The lowest BCUT2D eigenvalue weighted by Crippen LogP contribution is -2.27. The zero-order valence-electron chi connectivity index (χ0n) is 12.5. The van der Waals surface area contributed by atoms with Gasteiger partial charge in [-0.05, 0) is 39.7 Å². The van der Waals surface area contributed by atoms with E-state index in [0.717, 1.165) is 29.9 Å². The van der Waals surface area contributed by atoms with Crippen LogP contribution in [0.2, 0.25) is 0 Å². The second kappa shape index (κ2) is 7.64. The number of carbonyl (C=O) groups excluding carboxylic acids is 1. The number of nitrogens with zero attached hydrogens (tertiary/aromatic N) is 2. The standard InChI is InChI=1S/C14H24N4O.ClH/c1-10-13(11(2)18(3)17-10)9-16-14(19)7-6-12-5-4-8-15-12;/h12,15H,4-9H2,1-3H3,(H,16,19);1H. The predicted molar refractivity (Wildman–Crippen MR) is 82.0 cm³/mol. The van der Waals surface area contributed by atoms with Crippen molar-refractivity contribution in [3.8, 4) is 0 Å². The van der Waals surface area contributed by atoms with Crippen molar-refractivity contribution in [2.75, 3.05) is 6.54 Å². The average Bonchev–Trinajstić information content (AvgIpc) is 2.96. The van der Waals surface area contributed by atoms with Gasteiger partial charge in [-0.15, -0.1) is 12.4 Å². The smallest absolute Gasteiger partial charge is 0.220 e. The number of hydrogen-bond acceptors (Lipinski definition) is 3. The maximum atomic E-state index is 11.8. The molecule has 0 aromatic carbocycles. The van der Waals surface area contributed by atoms with Crippen LogP contribution in [0.1, 0.15) is 42.6 Å². The highest BCUT2D eigenvalue weighted by molar-refractivity contribution is 5.85. The Labute approximate surface area is 126 Å². The third kappa shape index (κ3) is 4.21. The van der Waals surface area contributed by atoms with Crippen LogP contribution >= 0.6 is 12.4 Å². The molecule has 1 aliphatic rings. The fourth-order valence-corrected chi connectivity index (χ4v) is 2.66. The topological polar surface area (TPSA) is 59.0 Å². The molecule has 1 atom stereocenters. The van der Waals surface area contributed by atoms with Gasteiger partial charge in [0.25, 0.3) is 0 Å². The molecule has 1 saturated heterocycles. The third-order valence-electron chi connectivity index (χ3n) is 4.00. The van der Waals surface area contributed by atoms with E-state index in [-0.39, 0.29) is 18.3 Å². The summed E-state index contributed by atoms with van der Waals surface area (Å²) in [6, 6.07) is 0.535. The van der Waals surface area contributed by atoms with Gasteiger partial charge in [-0.3, -0.25) is 9.48 Å². The lowest BCUT2D eigenvalue weighted by Gasteiger charge is -2.10. The van der Waals surface area contributed by atoms with Crippen LogP contribution < -0.4 is 10.6 Å². The van der Waals surface area contributed by atoms with E-state index in [1.165, 1.54) is 12.8 Å².